The first-order valence-corrected chi connectivity index (χ1v) is 5.99. The van der Waals surface area contributed by atoms with E-state index in [4.69, 9.17) is 4.74 Å². The summed E-state index contributed by atoms with van der Waals surface area (Å²) >= 11 is 0. The van der Waals surface area contributed by atoms with Gasteiger partial charge in [-0.3, -0.25) is 4.79 Å². The molecule has 2 rings (SSSR count). The number of carbonyl (C=O) groups excluding carboxylic acids is 1. The highest BCUT2D eigenvalue weighted by molar-refractivity contribution is 5.97. The molecule has 2 N–H and O–H groups in total. The van der Waals surface area contributed by atoms with E-state index in [0.29, 0.717) is 30.4 Å². The second kappa shape index (κ2) is 5.27. The van der Waals surface area contributed by atoms with Crippen LogP contribution < -0.4 is 10.1 Å². The number of ether oxygens (including phenoxy) is 1. The summed E-state index contributed by atoms with van der Waals surface area (Å²) in [7, 11) is 3.43. The summed E-state index contributed by atoms with van der Waals surface area (Å²) in [5, 5.41) is 12.9. The number of hydrogen-bond acceptors (Lipinski definition) is 4. The number of carbonyl (C=O) groups is 1. The second-order valence-electron chi connectivity index (χ2n) is 4.41. The number of rotatable bonds is 3. The Hall–Kier alpha value is -1.75. The SMILES string of the molecule is CNC1CCN(C(=O)c2cc(OC)ccc2O)C1. The molecule has 0 aliphatic carbocycles. The molecule has 5 nitrogen and oxygen atoms in total. The highest BCUT2D eigenvalue weighted by Crippen LogP contribution is 2.25. The van der Waals surface area contributed by atoms with Gasteiger partial charge in [-0.2, -0.15) is 0 Å². The highest BCUT2D eigenvalue weighted by atomic mass is 16.5. The molecule has 1 aromatic carbocycles. The Kier molecular flexibility index (Phi) is 3.72. The van der Waals surface area contributed by atoms with Crippen LogP contribution in [-0.2, 0) is 0 Å². The minimum absolute atomic E-state index is 0.00583. The molecule has 1 amide bonds. The quantitative estimate of drug-likeness (QED) is 0.834. The summed E-state index contributed by atoms with van der Waals surface area (Å²) in [6, 6.07) is 5.02. The molecule has 1 saturated heterocycles. The zero-order valence-corrected chi connectivity index (χ0v) is 10.6. The van der Waals surface area contributed by atoms with Crippen LogP contribution in [0.25, 0.3) is 0 Å². The molecule has 1 fully saturated rings. The third kappa shape index (κ3) is 2.41. The standard InChI is InChI=1S/C13H18N2O3/c1-14-9-5-6-15(8-9)13(17)11-7-10(18-2)3-4-12(11)16/h3-4,7,9,14,16H,5-6,8H2,1-2H3. The molecule has 0 saturated carbocycles. The number of nitrogens with one attached hydrogen (secondary N) is 1. The van der Waals surface area contributed by atoms with Crippen molar-refractivity contribution in [2.24, 2.45) is 0 Å². The van der Waals surface area contributed by atoms with Gasteiger partial charge in [0.05, 0.1) is 12.7 Å². The second-order valence-corrected chi connectivity index (χ2v) is 4.41. The van der Waals surface area contributed by atoms with E-state index in [1.165, 1.54) is 13.2 Å². The molecule has 1 atom stereocenters. The van der Waals surface area contributed by atoms with Gasteiger partial charge in [0.1, 0.15) is 11.5 Å². The Labute approximate surface area is 106 Å². The number of likely N-dealkylation sites (N-methyl/N-ethyl adjacent to an activating group) is 1. The lowest BCUT2D eigenvalue weighted by atomic mass is 10.1. The van der Waals surface area contributed by atoms with Crippen LogP contribution in [0.5, 0.6) is 11.5 Å². The maximum absolute atomic E-state index is 12.3. The fourth-order valence-electron chi connectivity index (χ4n) is 2.16. The normalized spacial score (nSPS) is 19.0. The largest absolute Gasteiger partial charge is 0.507 e. The van der Waals surface area contributed by atoms with Crippen molar-refractivity contribution in [2.45, 2.75) is 12.5 Å². The summed E-state index contributed by atoms with van der Waals surface area (Å²) < 4.78 is 5.07. The van der Waals surface area contributed by atoms with Crippen LogP contribution in [0.2, 0.25) is 0 Å². The van der Waals surface area contributed by atoms with Crippen molar-refractivity contribution >= 4 is 5.91 Å². The van der Waals surface area contributed by atoms with Crippen molar-refractivity contribution in [2.75, 3.05) is 27.2 Å². The van der Waals surface area contributed by atoms with Crippen molar-refractivity contribution in [1.29, 1.82) is 0 Å². The summed E-state index contributed by atoms with van der Waals surface area (Å²) in [4.78, 5) is 14.0. The van der Waals surface area contributed by atoms with Gasteiger partial charge in [-0.05, 0) is 31.7 Å². The third-order valence-electron chi connectivity index (χ3n) is 3.32. The number of likely N-dealkylation sites (tertiary alicyclic amines) is 1. The van der Waals surface area contributed by atoms with Gasteiger partial charge >= 0.3 is 0 Å². The number of benzene rings is 1. The minimum Gasteiger partial charge on any atom is -0.507 e. The molecule has 0 aromatic heterocycles. The van der Waals surface area contributed by atoms with Crippen LogP contribution >= 0.6 is 0 Å². The van der Waals surface area contributed by atoms with Crippen LogP contribution in [0.4, 0.5) is 0 Å². The highest BCUT2D eigenvalue weighted by Gasteiger charge is 2.27. The van der Waals surface area contributed by atoms with Gasteiger partial charge in [0.15, 0.2) is 0 Å². The fraction of sp³-hybridized carbons (Fsp3) is 0.462. The maximum Gasteiger partial charge on any atom is 0.257 e. The monoisotopic (exact) mass is 250 g/mol. The average Bonchev–Trinajstić information content (AvgIpc) is 2.87. The Bertz CT molecular complexity index is 448. The van der Waals surface area contributed by atoms with Gasteiger partial charge in [0, 0.05) is 19.1 Å². The molecule has 1 aliphatic heterocycles. The van der Waals surface area contributed by atoms with E-state index >= 15 is 0 Å². The lowest BCUT2D eigenvalue weighted by Crippen LogP contribution is -2.33. The number of phenolic OH excluding ortho intramolecular Hbond substituents is 1. The number of phenols is 1. The van der Waals surface area contributed by atoms with Crippen molar-refractivity contribution in [1.82, 2.24) is 10.2 Å². The van der Waals surface area contributed by atoms with E-state index in [0.717, 1.165) is 6.42 Å². The molecule has 98 valence electrons. The van der Waals surface area contributed by atoms with Gasteiger partial charge < -0.3 is 20.1 Å². The lowest BCUT2D eigenvalue weighted by Gasteiger charge is -2.17. The number of methoxy groups -OCH3 is 1. The zero-order chi connectivity index (χ0) is 13.1. The average molecular weight is 250 g/mol. The number of hydrogen-bond donors (Lipinski definition) is 2. The molecule has 5 heteroatoms. The zero-order valence-electron chi connectivity index (χ0n) is 10.6. The maximum atomic E-state index is 12.3. The molecular weight excluding hydrogens is 232 g/mol. The van der Waals surface area contributed by atoms with Gasteiger partial charge in [-0.25, -0.2) is 0 Å². The van der Waals surface area contributed by atoms with Crippen molar-refractivity contribution < 1.29 is 14.6 Å². The lowest BCUT2D eigenvalue weighted by molar-refractivity contribution is 0.0786. The first-order chi connectivity index (χ1) is 8.65. The number of aromatic hydroxyl groups is 1. The molecule has 1 aliphatic rings. The number of nitrogens with zero attached hydrogens (tertiary/aromatic N) is 1. The topological polar surface area (TPSA) is 61.8 Å². The van der Waals surface area contributed by atoms with Crippen molar-refractivity contribution in [3.05, 3.63) is 23.8 Å². The Morgan fingerprint density at radius 1 is 1.56 bits per heavy atom. The van der Waals surface area contributed by atoms with E-state index in [9.17, 15) is 9.90 Å². The van der Waals surface area contributed by atoms with Gasteiger partial charge in [0.25, 0.3) is 5.91 Å². The fourth-order valence-corrected chi connectivity index (χ4v) is 2.16. The summed E-state index contributed by atoms with van der Waals surface area (Å²) in [6.45, 7) is 1.38. The number of amides is 1. The van der Waals surface area contributed by atoms with Crippen LogP contribution in [0, 0.1) is 0 Å². The summed E-state index contributed by atoms with van der Waals surface area (Å²) in [5.41, 5.74) is 0.297. The summed E-state index contributed by atoms with van der Waals surface area (Å²) in [6.07, 6.45) is 0.937. The van der Waals surface area contributed by atoms with E-state index in [1.54, 1.807) is 17.0 Å². The molecule has 0 bridgehead atoms. The van der Waals surface area contributed by atoms with Crippen molar-refractivity contribution in [3.63, 3.8) is 0 Å². The van der Waals surface area contributed by atoms with E-state index < -0.39 is 0 Å². The van der Waals surface area contributed by atoms with E-state index in [-0.39, 0.29) is 11.7 Å². The summed E-state index contributed by atoms with van der Waals surface area (Å²) in [5.74, 6) is 0.415. The van der Waals surface area contributed by atoms with Gasteiger partial charge in [0.2, 0.25) is 0 Å². The first-order valence-electron chi connectivity index (χ1n) is 5.99. The predicted molar refractivity (Wildman–Crippen MR) is 68.0 cm³/mol. The molecule has 0 spiro atoms. The molecule has 18 heavy (non-hydrogen) atoms. The van der Waals surface area contributed by atoms with Crippen LogP contribution in [0.1, 0.15) is 16.8 Å². The predicted octanol–water partition coefficient (Wildman–Crippen LogP) is 0.835. The Morgan fingerprint density at radius 3 is 2.94 bits per heavy atom. The van der Waals surface area contributed by atoms with Gasteiger partial charge in [-0.1, -0.05) is 0 Å². The molecule has 1 heterocycles. The first kappa shape index (κ1) is 12.7. The van der Waals surface area contributed by atoms with Crippen molar-refractivity contribution in [3.8, 4) is 11.5 Å². The van der Waals surface area contributed by atoms with E-state index in [2.05, 4.69) is 5.32 Å². The Morgan fingerprint density at radius 2 is 2.33 bits per heavy atom. The van der Waals surface area contributed by atoms with E-state index in [1.807, 2.05) is 7.05 Å². The molecule has 0 radical (unpaired) electrons. The van der Waals surface area contributed by atoms with Crippen LogP contribution in [0.15, 0.2) is 18.2 Å². The smallest absolute Gasteiger partial charge is 0.257 e. The minimum atomic E-state index is -0.149. The Balaban J connectivity index is 2.18. The molecular formula is C13H18N2O3. The van der Waals surface area contributed by atoms with Gasteiger partial charge in [-0.15, -0.1) is 0 Å². The molecule has 1 unspecified atom stereocenters. The van der Waals surface area contributed by atoms with Crippen LogP contribution in [-0.4, -0.2) is 49.2 Å². The van der Waals surface area contributed by atoms with Crippen LogP contribution in [0.3, 0.4) is 0 Å². The molecule has 1 aromatic rings. The third-order valence-corrected chi connectivity index (χ3v) is 3.32.